The zero-order chi connectivity index (χ0) is 21.7. The van der Waals surface area contributed by atoms with E-state index >= 15 is 0 Å². The molecule has 3 aromatic rings. The molecule has 1 heterocycles. The maximum absolute atomic E-state index is 12.9. The van der Waals surface area contributed by atoms with Gasteiger partial charge in [0.25, 0.3) is 5.91 Å². The Balaban J connectivity index is 2.07. The second-order valence-corrected chi connectivity index (χ2v) is 7.31. The molecule has 0 aliphatic carbocycles. The summed E-state index contributed by atoms with van der Waals surface area (Å²) in [6.07, 6.45) is 0. The molecule has 0 fully saturated rings. The topological polar surface area (TPSA) is 73.9 Å². The van der Waals surface area contributed by atoms with Crippen molar-refractivity contribution in [2.24, 2.45) is 0 Å². The molecule has 0 saturated carbocycles. The fourth-order valence-electron chi connectivity index (χ4n) is 3.09. The van der Waals surface area contributed by atoms with Gasteiger partial charge in [0.15, 0.2) is 0 Å². The van der Waals surface area contributed by atoms with Crippen LogP contribution in [-0.2, 0) is 4.74 Å². The summed E-state index contributed by atoms with van der Waals surface area (Å²) in [4.78, 5) is 25.7. The molecule has 0 aliphatic heterocycles. The molecule has 0 radical (unpaired) electrons. The van der Waals surface area contributed by atoms with Gasteiger partial charge in [0.2, 0.25) is 0 Å². The van der Waals surface area contributed by atoms with Crippen molar-refractivity contribution < 1.29 is 23.8 Å². The zero-order valence-corrected chi connectivity index (χ0v) is 18.1. The monoisotopic (exact) mass is 425 g/mol. The Bertz CT molecular complexity index is 1070. The molecule has 2 aromatic carbocycles. The average molecular weight is 426 g/mol. The Morgan fingerprint density at radius 1 is 1.00 bits per heavy atom. The van der Waals surface area contributed by atoms with E-state index in [0.29, 0.717) is 33.2 Å². The summed E-state index contributed by atoms with van der Waals surface area (Å²) >= 11 is 1.26. The van der Waals surface area contributed by atoms with E-state index in [1.54, 1.807) is 38.3 Å². The van der Waals surface area contributed by atoms with Gasteiger partial charge in [-0.1, -0.05) is 23.8 Å². The second-order valence-electron chi connectivity index (χ2n) is 6.43. The van der Waals surface area contributed by atoms with Gasteiger partial charge >= 0.3 is 5.97 Å². The lowest BCUT2D eigenvalue weighted by Crippen LogP contribution is -2.15. The van der Waals surface area contributed by atoms with Crippen LogP contribution in [0.15, 0.2) is 47.8 Å². The van der Waals surface area contributed by atoms with Gasteiger partial charge in [0.05, 0.1) is 26.4 Å². The summed E-state index contributed by atoms with van der Waals surface area (Å²) in [6, 6.07) is 12.6. The highest BCUT2D eigenvalue weighted by Crippen LogP contribution is 2.41. The average Bonchev–Trinajstić information content (AvgIpc) is 3.17. The number of anilines is 1. The zero-order valence-electron chi connectivity index (χ0n) is 17.3. The lowest BCUT2D eigenvalue weighted by molar-refractivity contribution is 0.0529. The van der Waals surface area contributed by atoms with Crippen LogP contribution in [0.5, 0.6) is 11.5 Å². The molecule has 156 valence electrons. The molecule has 7 heteroatoms. The van der Waals surface area contributed by atoms with E-state index < -0.39 is 5.97 Å². The van der Waals surface area contributed by atoms with Crippen LogP contribution < -0.4 is 14.8 Å². The van der Waals surface area contributed by atoms with Crippen molar-refractivity contribution in [2.75, 3.05) is 26.1 Å². The molecule has 0 bridgehead atoms. The maximum atomic E-state index is 12.9. The third-order valence-electron chi connectivity index (χ3n) is 4.49. The van der Waals surface area contributed by atoms with Crippen molar-refractivity contribution in [1.82, 2.24) is 0 Å². The molecular formula is C23H23NO5S. The first-order valence-corrected chi connectivity index (χ1v) is 10.3. The number of nitrogens with one attached hydrogen (secondary N) is 1. The van der Waals surface area contributed by atoms with E-state index in [2.05, 4.69) is 5.32 Å². The van der Waals surface area contributed by atoms with Crippen molar-refractivity contribution in [3.8, 4) is 22.6 Å². The summed E-state index contributed by atoms with van der Waals surface area (Å²) in [5.41, 5.74) is 3.10. The standard InChI is InChI=1S/C23H23NO5S/c1-5-29-23(26)20-17(16-12-14(2)10-11-19(16)28-4)13-30-22(20)24-21(25)15-8-6-7-9-18(15)27-3/h6-13H,5H2,1-4H3,(H,24,25). The third kappa shape index (κ3) is 4.31. The number of aryl methyl sites for hydroxylation is 1. The lowest BCUT2D eigenvalue weighted by Gasteiger charge is -2.12. The van der Waals surface area contributed by atoms with E-state index in [1.165, 1.54) is 18.4 Å². The Labute approximate surface area is 179 Å². The highest BCUT2D eigenvalue weighted by atomic mass is 32.1. The Hall–Kier alpha value is -3.32. The number of methoxy groups -OCH3 is 2. The summed E-state index contributed by atoms with van der Waals surface area (Å²) in [5, 5.41) is 5.07. The van der Waals surface area contributed by atoms with Crippen molar-refractivity contribution in [3.63, 3.8) is 0 Å². The minimum atomic E-state index is -0.507. The molecule has 0 spiro atoms. The fourth-order valence-corrected chi connectivity index (χ4v) is 4.03. The number of para-hydroxylation sites is 1. The van der Waals surface area contributed by atoms with E-state index in [9.17, 15) is 9.59 Å². The maximum Gasteiger partial charge on any atom is 0.341 e. The van der Waals surface area contributed by atoms with E-state index in [4.69, 9.17) is 14.2 Å². The molecular weight excluding hydrogens is 402 g/mol. The molecule has 1 N–H and O–H groups in total. The number of rotatable bonds is 7. The van der Waals surface area contributed by atoms with Crippen LogP contribution >= 0.6 is 11.3 Å². The van der Waals surface area contributed by atoms with Crippen LogP contribution in [0.3, 0.4) is 0 Å². The fraction of sp³-hybridized carbons (Fsp3) is 0.217. The Morgan fingerprint density at radius 3 is 2.43 bits per heavy atom. The van der Waals surface area contributed by atoms with E-state index in [0.717, 1.165) is 11.1 Å². The van der Waals surface area contributed by atoms with E-state index in [1.807, 2.05) is 30.5 Å². The molecule has 6 nitrogen and oxygen atoms in total. The number of hydrogen-bond acceptors (Lipinski definition) is 6. The van der Waals surface area contributed by atoms with Crippen LogP contribution in [-0.4, -0.2) is 32.7 Å². The lowest BCUT2D eigenvalue weighted by atomic mass is 10.0. The first kappa shape index (κ1) is 21.4. The van der Waals surface area contributed by atoms with Gasteiger partial charge in [0, 0.05) is 16.5 Å². The summed E-state index contributed by atoms with van der Waals surface area (Å²) in [5.74, 6) is 0.201. The largest absolute Gasteiger partial charge is 0.496 e. The van der Waals surface area contributed by atoms with Gasteiger partial charge < -0.3 is 19.5 Å². The number of hydrogen-bond donors (Lipinski definition) is 1. The summed E-state index contributed by atoms with van der Waals surface area (Å²) in [7, 11) is 3.08. The van der Waals surface area contributed by atoms with Gasteiger partial charge in [-0.15, -0.1) is 11.3 Å². The van der Waals surface area contributed by atoms with Gasteiger partial charge in [-0.05, 0) is 38.1 Å². The van der Waals surface area contributed by atoms with E-state index in [-0.39, 0.29) is 12.5 Å². The molecule has 0 unspecified atom stereocenters. The molecule has 0 saturated heterocycles. The van der Waals surface area contributed by atoms with Gasteiger partial charge in [-0.2, -0.15) is 0 Å². The quantitative estimate of drug-likeness (QED) is 0.529. The first-order valence-electron chi connectivity index (χ1n) is 9.38. The number of thiophene rings is 1. The molecule has 0 aliphatic rings. The van der Waals surface area contributed by atoms with Crippen molar-refractivity contribution in [3.05, 3.63) is 64.5 Å². The molecule has 3 rings (SSSR count). The number of benzene rings is 2. The second kappa shape index (κ2) is 9.45. The van der Waals surface area contributed by atoms with Crippen LogP contribution in [0.1, 0.15) is 33.2 Å². The number of esters is 1. The predicted molar refractivity (Wildman–Crippen MR) is 118 cm³/mol. The van der Waals surface area contributed by atoms with Gasteiger partial charge in [-0.3, -0.25) is 4.79 Å². The van der Waals surface area contributed by atoms with Crippen LogP contribution in [0.4, 0.5) is 5.00 Å². The SMILES string of the molecule is CCOC(=O)c1c(-c2cc(C)ccc2OC)csc1NC(=O)c1ccccc1OC. The Morgan fingerprint density at radius 2 is 1.73 bits per heavy atom. The first-order chi connectivity index (χ1) is 14.5. The van der Waals surface area contributed by atoms with Crippen LogP contribution in [0, 0.1) is 6.92 Å². The molecule has 0 atom stereocenters. The minimum Gasteiger partial charge on any atom is -0.496 e. The van der Waals surface area contributed by atoms with Crippen molar-refractivity contribution in [1.29, 1.82) is 0 Å². The number of carbonyl (C=O) groups excluding carboxylic acids is 2. The highest BCUT2D eigenvalue weighted by molar-refractivity contribution is 7.15. The van der Waals surface area contributed by atoms with Gasteiger partial charge in [-0.25, -0.2) is 4.79 Å². The summed E-state index contributed by atoms with van der Waals surface area (Å²) < 4.78 is 16.0. The third-order valence-corrected chi connectivity index (χ3v) is 5.39. The number of carbonyl (C=O) groups is 2. The van der Waals surface area contributed by atoms with Crippen LogP contribution in [0.25, 0.3) is 11.1 Å². The normalized spacial score (nSPS) is 10.4. The smallest absolute Gasteiger partial charge is 0.341 e. The predicted octanol–water partition coefficient (Wildman–Crippen LogP) is 5.17. The van der Waals surface area contributed by atoms with Crippen molar-refractivity contribution in [2.45, 2.75) is 13.8 Å². The Kier molecular flexibility index (Phi) is 6.74. The number of amides is 1. The van der Waals surface area contributed by atoms with Crippen molar-refractivity contribution >= 4 is 28.2 Å². The highest BCUT2D eigenvalue weighted by Gasteiger charge is 2.25. The van der Waals surface area contributed by atoms with Gasteiger partial charge in [0.1, 0.15) is 22.1 Å². The molecule has 30 heavy (non-hydrogen) atoms. The van der Waals surface area contributed by atoms with Crippen LogP contribution in [0.2, 0.25) is 0 Å². The molecule has 1 aromatic heterocycles. The molecule has 1 amide bonds. The minimum absolute atomic E-state index is 0.221. The summed E-state index contributed by atoms with van der Waals surface area (Å²) in [6.45, 7) is 3.92. The number of ether oxygens (including phenoxy) is 3.